The Morgan fingerprint density at radius 1 is 0.881 bits per heavy atom. The lowest BCUT2D eigenvalue weighted by Gasteiger charge is -2.22. The molecule has 21 heteroatoms. The Bertz CT molecular complexity index is 2170. The maximum absolute atomic E-state index is 13.9. The third-order valence-corrected chi connectivity index (χ3v) is 11.7. The number of aromatic amines is 1. The molecule has 2 aromatic carbocycles. The van der Waals surface area contributed by atoms with Crippen LogP contribution in [0.15, 0.2) is 81.2 Å². The quantitative estimate of drug-likeness (QED) is 0.0154. The van der Waals surface area contributed by atoms with Crippen molar-refractivity contribution in [2.45, 2.75) is 111 Å². The number of phosphoric ester groups is 2. The molecule has 1 aliphatic rings. The molecule has 0 saturated carbocycles. The highest BCUT2D eigenvalue weighted by Crippen LogP contribution is 2.64. The molecule has 320 valence electrons. The summed E-state index contributed by atoms with van der Waals surface area (Å²) in [4.78, 5) is 63.5. The molecule has 19 nitrogen and oxygen atoms in total. The summed E-state index contributed by atoms with van der Waals surface area (Å²) in [5, 5.41) is 3.51. The Morgan fingerprint density at radius 3 is 2.00 bits per heavy atom. The molecular weight excluding hydrogens is 812 g/mol. The van der Waals surface area contributed by atoms with Crippen molar-refractivity contribution in [3.8, 4) is 11.5 Å². The fourth-order valence-electron chi connectivity index (χ4n) is 5.67. The molecule has 59 heavy (non-hydrogen) atoms. The predicted octanol–water partition coefficient (Wildman–Crippen LogP) is 8.36. The van der Waals surface area contributed by atoms with Crippen LogP contribution in [0.4, 0.5) is 0 Å². The van der Waals surface area contributed by atoms with E-state index in [1.165, 1.54) is 107 Å². The van der Waals surface area contributed by atoms with E-state index >= 15 is 0 Å². The van der Waals surface area contributed by atoms with Gasteiger partial charge in [-0.15, -0.1) is 0 Å². The Balaban J connectivity index is 1.37. The van der Waals surface area contributed by atoms with E-state index in [4.69, 9.17) is 37.6 Å². The van der Waals surface area contributed by atoms with Crippen molar-refractivity contribution in [1.82, 2.24) is 9.55 Å². The van der Waals surface area contributed by atoms with E-state index in [0.717, 1.165) is 30.3 Å². The molecule has 4 atom stereocenters. The Morgan fingerprint density at radius 2 is 1.44 bits per heavy atom. The van der Waals surface area contributed by atoms with Gasteiger partial charge in [-0.2, -0.15) is 4.31 Å². The first-order valence-corrected chi connectivity index (χ1v) is 22.0. The van der Waals surface area contributed by atoms with Gasteiger partial charge < -0.3 is 19.1 Å². The molecule has 0 amide bonds. The second-order valence-corrected chi connectivity index (χ2v) is 16.8. The Kier molecular flexibility index (Phi) is 18.5. The number of aryl methyl sites for hydroxylation is 1. The molecule has 0 bridgehead atoms. The molecule has 3 unspecified atom stereocenters. The van der Waals surface area contributed by atoms with Crippen LogP contribution in [0, 0.1) is 6.92 Å². The number of aromatic nitrogens is 2. The van der Waals surface area contributed by atoms with Gasteiger partial charge in [0.25, 0.3) is 5.56 Å². The lowest BCUT2D eigenvalue weighted by molar-refractivity contribution is -0.134. The first-order chi connectivity index (χ1) is 28.2. The topological polar surface area (TPSA) is 257 Å². The van der Waals surface area contributed by atoms with Crippen molar-refractivity contribution in [1.29, 1.82) is 0 Å². The van der Waals surface area contributed by atoms with Gasteiger partial charge in [0.05, 0.1) is 19.8 Å². The molecule has 1 aromatic heterocycles. The van der Waals surface area contributed by atoms with Crippen molar-refractivity contribution in [2.24, 2.45) is 5.11 Å². The zero-order valence-electron chi connectivity index (χ0n) is 33.1. The van der Waals surface area contributed by atoms with Gasteiger partial charge >= 0.3 is 33.3 Å². The minimum atomic E-state index is -5.33. The summed E-state index contributed by atoms with van der Waals surface area (Å²) in [6.45, 7) is 3.15. The van der Waals surface area contributed by atoms with Gasteiger partial charge in [0.2, 0.25) is 0 Å². The molecule has 2 heterocycles. The average molecular weight is 862 g/mol. The van der Waals surface area contributed by atoms with E-state index in [0.29, 0.717) is 11.1 Å². The number of nitrogens with one attached hydrogen (secondary N) is 1. The number of rotatable bonds is 25. The van der Waals surface area contributed by atoms with Crippen molar-refractivity contribution in [3.63, 3.8) is 0 Å². The molecule has 0 aliphatic carbocycles. The number of nitrogens with zero attached hydrogens (tertiary/aromatic N) is 4. The number of hydrogen-bond donors (Lipinski definition) is 2. The standard InChI is InChI=1S/C38H49N5O14P2/c1-4-5-6-7-8-9-10-11-12-13-36(45)55-32-20-16-30(17-21-32)25-53-59(50,52-24-29-14-18-31(19-15-29)54-28(3)44)57-58(48,49)51-26-34-33(41-42-39)22-35(56-34)43-23-27(2)37(46)40-38(43)47/h14-23,34-35H,4-13,24-26H2,1-3H3,(H,48,49)(H,40,46,47)/t34?,35-,59?/m1/s1. The molecule has 2 N–H and O–H groups in total. The maximum atomic E-state index is 13.9. The number of esters is 2. The lowest BCUT2D eigenvalue weighted by atomic mass is 10.1. The number of carbonyl (C=O) groups excluding carboxylic acids is 2. The van der Waals surface area contributed by atoms with Crippen LogP contribution in [-0.4, -0.2) is 39.1 Å². The van der Waals surface area contributed by atoms with Gasteiger partial charge in [-0.3, -0.25) is 37.5 Å². The van der Waals surface area contributed by atoms with Crippen LogP contribution >= 0.6 is 15.6 Å². The van der Waals surface area contributed by atoms with Crippen LogP contribution in [0.5, 0.6) is 11.5 Å². The highest BCUT2D eigenvalue weighted by Gasteiger charge is 2.40. The summed E-state index contributed by atoms with van der Waals surface area (Å²) in [5.74, 6) is -0.403. The minimum Gasteiger partial charge on any atom is -0.427 e. The molecule has 1 aliphatic heterocycles. The van der Waals surface area contributed by atoms with Crippen LogP contribution in [0.1, 0.15) is 101 Å². The van der Waals surface area contributed by atoms with Gasteiger partial charge in [0.15, 0.2) is 6.23 Å². The summed E-state index contributed by atoms with van der Waals surface area (Å²) in [5.41, 5.74) is 8.45. The first-order valence-electron chi connectivity index (χ1n) is 19.1. The fourth-order valence-corrected chi connectivity index (χ4v) is 8.25. The van der Waals surface area contributed by atoms with E-state index in [9.17, 15) is 33.2 Å². The fraction of sp³-hybridized carbons (Fsp3) is 0.474. The average Bonchev–Trinajstić information content (AvgIpc) is 3.59. The van der Waals surface area contributed by atoms with Crippen molar-refractivity contribution in [2.75, 3.05) is 6.61 Å². The van der Waals surface area contributed by atoms with E-state index in [-0.39, 0.29) is 35.1 Å². The third-order valence-electron chi connectivity index (χ3n) is 8.72. The highest BCUT2D eigenvalue weighted by atomic mass is 31.3. The largest absolute Gasteiger partial charge is 0.484 e. The minimum absolute atomic E-state index is 0.126. The van der Waals surface area contributed by atoms with Gasteiger partial charge in [-0.25, -0.2) is 13.9 Å². The van der Waals surface area contributed by atoms with Crippen LogP contribution < -0.4 is 20.7 Å². The molecule has 0 fully saturated rings. The van der Waals surface area contributed by atoms with Gasteiger partial charge in [-0.1, -0.05) is 87.7 Å². The van der Waals surface area contributed by atoms with Crippen molar-refractivity contribution < 1.29 is 55.7 Å². The normalized spacial score (nSPS) is 17.0. The summed E-state index contributed by atoms with van der Waals surface area (Å²) in [7, 11) is -10.3. The first kappa shape index (κ1) is 47.0. The van der Waals surface area contributed by atoms with E-state index in [1.54, 1.807) is 0 Å². The van der Waals surface area contributed by atoms with Gasteiger partial charge in [-0.05, 0) is 60.3 Å². The summed E-state index contributed by atoms with van der Waals surface area (Å²) >= 11 is 0. The number of H-pyrrole nitrogens is 1. The van der Waals surface area contributed by atoms with Gasteiger partial charge in [0, 0.05) is 35.7 Å². The second kappa shape index (κ2) is 23.2. The number of ether oxygens (including phenoxy) is 3. The van der Waals surface area contributed by atoms with E-state index in [2.05, 4.69) is 21.9 Å². The molecule has 0 spiro atoms. The van der Waals surface area contributed by atoms with E-state index in [1.807, 2.05) is 0 Å². The zero-order chi connectivity index (χ0) is 42.8. The molecule has 0 saturated heterocycles. The molecule has 0 radical (unpaired) electrons. The van der Waals surface area contributed by atoms with Crippen LogP contribution in [-0.2, 0) is 54.6 Å². The van der Waals surface area contributed by atoms with Crippen molar-refractivity contribution >= 4 is 27.6 Å². The lowest BCUT2D eigenvalue weighted by Crippen LogP contribution is -2.33. The predicted molar refractivity (Wildman–Crippen MR) is 213 cm³/mol. The SMILES string of the molecule is CCCCCCCCCCCC(=O)Oc1ccc(COP(=O)(OCc2ccc(OC(C)=O)cc2)OP(=O)(O)OCC2O[C@@H](n3cc(C)c(=O)[nH]c3=O)C=C2N=[N+]=[N-])cc1. The molecule has 3 aromatic rings. The highest BCUT2D eigenvalue weighted by molar-refractivity contribution is 7.61. The third kappa shape index (κ3) is 16.1. The number of azide groups is 1. The zero-order valence-corrected chi connectivity index (χ0v) is 34.8. The summed E-state index contributed by atoms with van der Waals surface area (Å²) in [6.07, 6.45) is 10.3. The number of benzene rings is 2. The molecule has 4 rings (SSSR count). The summed E-state index contributed by atoms with van der Waals surface area (Å²) < 4.78 is 65.3. The van der Waals surface area contributed by atoms with Crippen LogP contribution in [0.2, 0.25) is 0 Å². The number of phosphoric acid groups is 2. The monoisotopic (exact) mass is 861 g/mol. The maximum Gasteiger partial charge on any atom is 0.484 e. The smallest absolute Gasteiger partial charge is 0.427 e. The van der Waals surface area contributed by atoms with Gasteiger partial charge in [0.1, 0.15) is 17.6 Å². The summed E-state index contributed by atoms with van der Waals surface area (Å²) in [6, 6.07) is 11.9. The van der Waals surface area contributed by atoms with Crippen LogP contribution in [0.3, 0.4) is 0 Å². The Labute approximate surface area is 340 Å². The van der Waals surface area contributed by atoms with E-state index < -0.39 is 65.0 Å². The Hall–Kier alpha value is -4.67. The van der Waals surface area contributed by atoms with Crippen molar-refractivity contribution in [3.05, 3.63) is 114 Å². The number of hydrogen-bond acceptors (Lipinski definition) is 14. The van der Waals surface area contributed by atoms with Crippen LogP contribution in [0.25, 0.3) is 10.4 Å². The molecular formula is C38H49N5O14P2. The second-order valence-electron chi connectivity index (χ2n) is 13.5. The number of carbonyl (C=O) groups is 2. The number of unbranched alkanes of at least 4 members (excludes halogenated alkanes) is 8.